The lowest BCUT2D eigenvalue weighted by molar-refractivity contribution is -0.0584. The van der Waals surface area contributed by atoms with Crippen molar-refractivity contribution in [2.45, 2.75) is 20.0 Å². The molecule has 36 heavy (non-hydrogen) atoms. The number of amides is 1. The number of carbonyl (C=O) groups excluding carboxylic acids is 2. The quantitative estimate of drug-likeness (QED) is 0.210. The van der Waals surface area contributed by atoms with Crippen LogP contribution in [0.25, 0.3) is 5.70 Å². The molecule has 1 aromatic heterocycles. The van der Waals surface area contributed by atoms with Crippen molar-refractivity contribution in [1.82, 2.24) is 0 Å². The zero-order valence-electron chi connectivity index (χ0n) is 19.1. The van der Waals surface area contributed by atoms with Crippen molar-refractivity contribution in [3.8, 4) is 0 Å². The van der Waals surface area contributed by atoms with Gasteiger partial charge < -0.3 is 15.4 Å². The number of esters is 1. The fourth-order valence-corrected chi connectivity index (χ4v) is 4.20. The summed E-state index contributed by atoms with van der Waals surface area (Å²) in [7, 11) is 0. The molecular formula is C25H21ClF3N3O3S. The number of para-hydroxylation sites is 1. The smallest absolute Gasteiger partial charge is 0.432 e. The number of benzene rings is 2. The molecule has 0 aliphatic heterocycles. The summed E-state index contributed by atoms with van der Waals surface area (Å²) in [5.74, 6) is -1.06. The molecule has 1 amide bonds. The van der Waals surface area contributed by atoms with Gasteiger partial charge in [-0.3, -0.25) is 10.2 Å². The normalized spacial score (nSPS) is 11.7. The fraction of sp³-hybridized carbons (Fsp3) is 0.160. The number of nitrogens with one attached hydrogen (secondary N) is 3. The Morgan fingerprint density at radius 1 is 1.08 bits per heavy atom. The van der Waals surface area contributed by atoms with Crippen LogP contribution in [0.15, 0.2) is 60.0 Å². The van der Waals surface area contributed by atoms with E-state index in [4.69, 9.17) is 21.7 Å². The summed E-state index contributed by atoms with van der Waals surface area (Å²) in [5, 5.41) is 15.2. The van der Waals surface area contributed by atoms with Crippen LogP contribution < -0.4 is 10.6 Å². The molecule has 0 bridgehead atoms. The molecule has 0 unspecified atom stereocenters. The van der Waals surface area contributed by atoms with Crippen LogP contribution in [0.5, 0.6) is 0 Å². The molecule has 0 spiro atoms. The van der Waals surface area contributed by atoms with E-state index in [2.05, 4.69) is 10.6 Å². The number of ether oxygens (including phenoxy) is 1. The summed E-state index contributed by atoms with van der Waals surface area (Å²) in [4.78, 5) is 25.0. The summed E-state index contributed by atoms with van der Waals surface area (Å²) in [6, 6.07) is 12.2. The first-order valence-corrected chi connectivity index (χ1v) is 11.8. The van der Waals surface area contributed by atoms with Gasteiger partial charge in [0.25, 0.3) is 5.91 Å². The summed E-state index contributed by atoms with van der Waals surface area (Å²) in [6.07, 6.45) is -4.19. The molecule has 3 N–H and O–H groups in total. The van der Waals surface area contributed by atoms with Crippen molar-refractivity contribution in [1.29, 1.82) is 5.41 Å². The number of aryl methyl sites for hydroxylation is 1. The summed E-state index contributed by atoms with van der Waals surface area (Å²) >= 11 is 7.31. The Balaban J connectivity index is 1.87. The molecule has 0 aliphatic rings. The number of thiophene rings is 1. The fourth-order valence-electron chi connectivity index (χ4n) is 3.10. The predicted molar refractivity (Wildman–Crippen MR) is 136 cm³/mol. The molecule has 6 nitrogen and oxygen atoms in total. The Hall–Kier alpha value is -3.63. The van der Waals surface area contributed by atoms with Crippen LogP contribution in [0.3, 0.4) is 0 Å². The topological polar surface area (TPSA) is 91.3 Å². The maximum Gasteiger partial charge on any atom is 0.432 e. The van der Waals surface area contributed by atoms with Crippen molar-refractivity contribution in [3.63, 3.8) is 0 Å². The highest BCUT2D eigenvalue weighted by Crippen LogP contribution is 2.30. The van der Waals surface area contributed by atoms with Crippen molar-refractivity contribution in [2.24, 2.45) is 0 Å². The van der Waals surface area contributed by atoms with E-state index in [0.29, 0.717) is 27.9 Å². The molecule has 0 radical (unpaired) electrons. The molecule has 1 heterocycles. The first-order valence-electron chi connectivity index (χ1n) is 10.6. The number of carbonyl (C=O) groups is 2. The third-order valence-electron chi connectivity index (χ3n) is 4.88. The first-order chi connectivity index (χ1) is 17.0. The molecule has 0 aliphatic carbocycles. The van der Waals surface area contributed by atoms with Crippen LogP contribution in [0.2, 0.25) is 5.02 Å². The zero-order chi connectivity index (χ0) is 26.5. The number of halogens is 4. The van der Waals surface area contributed by atoms with Gasteiger partial charge in [-0.15, -0.1) is 11.3 Å². The van der Waals surface area contributed by atoms with Gasteiger partial charge >= 0.3 is 12.1 Å². The van der Waals surface area contributed by atoms with Gasteiger partial charge in [0.15, 0.2) is 0 Å². The summed E-state index contributed by atoms with van der Waals surface area (Å²) in [5.41, 5.74) is 0.196. The van der Waals surface area contributed by atoms with Gasteiger partial charge in [0.05, 0.1) is 22.9 Å². The molecule has 11 heteroatoms. The maximum atomic E-state index is 13.1. The van der Waals surface area contributed by atoms with Gasteiger partial charge in [-0.05, 0) is 60.7 Å². The van der Waals surface area contributed by atoms with E-state index < -0.39 is 23.8 Å². The van der Waals surface area contributed by atoms with Crippen molar-refractivity contribution < 1.29 is 27.5 Å². The molecule has 0 saturated carbocycles. The lowest BCUT2D eigenvalue weighted by Crippen LogP contribution is -2.20. The van der Waals surface area contributed by atoms with E-state index in [-0.39, 0.29) is 28.5 Å². The van der Waals surface area contributed by atoms with Crippen LogP contribution in [0, 0.1) is 12.3 Å². The summed E-state index contributed by atoms with van der Waals surface area (Å²) < 4.78 is 44.2. The van der Waals surface area contributed by atoms with Crippen LogP contribution in [0.4, 0.5) is 23.9 Å². The second-order valence-electron chi connectivity index (χ2n) is 7.45. The minimum atomic E-state index is -4.84. The van der Waals surface area contributed by atoms with Crippen LogP contribution >= 0.6 is 22.9 Å². The minimum Gasteiger partial charge on any atom is -0.462 e. The number of rotatable bonds is 8. The van der Waals surface area contributed by atoms with E-state index in [1.165, 1.54) is 35.6 Å². The summed E-state index contributed by atoms with van der Waals surface area (Å²) in [6.45, 7) is 3.59. The van der Waals surface area contributed by atoms with E-state index in [1.807, 2.05) is 0 Å². The minimum absolute atomic E-state index is 0.0316. The van der Waals surface area contributed by atoms with Gasteiger partial charge in [-0.25, -0.2) is 4.79 Å². The standard InChI is InChI=1S/C25H21ClF3N3O3S/c1-3-35-24(34)21-14(2)13-36-23(21)32-22(33)16-10-8-15(9-11-16)19(12-20(30)25(27,28)29)31-18-7-5-4-6-17(18)26/h4-13,30-31H,3H2,1-2H3,(H,32,33)/b19-12-,30-20?. The number of hydrogen-bond acceptors (Lipinski definition) is 6. The Morgan fingerprint density at radius 2 is 1.72 bits per heavy atom. The molecule has 2 aromatic carbocycles. The monoisotopic (exact) mass is 535 g/mol. The van der Waals surface area contributed by atoms with E-state index in [0.717, 1.165) is 0 Å². The average molecular weight is 536 g/mol. The maximum absolute atomic E-state index is 13.1. The number of allylic oxidation sites excluding steroid dienone is 1. The van der Waals surface area contributed by atoms with E-state index in [1.54, 1.807) is 43.5 Å². The molecule has 0 atom stereocenters. The average Bonchev–Trinajstić information content (AvgIpc) is 3.19. The van der Waals surface area contributed by atoms with Gasteiger partial charge in [-0.2, -0.15) is 13.2 Å². The van der Waals surface area contributed by atoms with Crippen molar-refractivity contribution in [3.05, 3.63) is 87.3 Å². The number of anilines is 2. The number of alkyl halides is 3. The second-order valence-corrected chi connectivity index (χ2v) is 8.74. The first kappa shape index (κ1) is 27.0. The largest absolute Gasteiger partial charge is 0.462 e. The van der Waals surface area contributed by atoms with Crippen LogP contribution in [0.1, 0.15) is 38.8 Å². The molecule has 3 rings (SSSR count). The van der Waals surface area contributed by atoms with Crippen molar-refractivity contribution >= 4 is 56.9 Å². The van der Waals surface area contributed by atoms with Crippen LogP contribution in [-0.4, -0.2) is 30.4 Å². The highest BCUT2D eigenvalue weighted by atomic mass is 35.5. The Kier molecular flexibility index (Phi) is 8.54. The highest BCUT2D eigenvalue weighted by molar-refractivity contribution is 7.15. The lowest BCUT2D eigenvalue weighted by atomic mass is 10.1. The van der Waals surface area contributed by atoms with Crippen LogP contribution in [-0.2, 0) is 4.74 Å². The molecule has 0 saturated heterocycles. The third-order valence-corrected chi connectivity index (χ3v) is 6.22. The zero-order valence-corrected chi connectivity index (χ0v) is 20.7. The van der Waals surface area contributed by atoms with Crippen molar-refractivity contribution in [2.75, 3.05) is 17.2 Å². The Bertz CT molecular complexity index is 1320. The van der Waals surface area contributed by atoms with E-state index >= 15 is 0 Å². The molecule has 3 aromatic rings. The molecule has 0 fully saturated rings. The van der Waals surface area contributed by atoms with Gasteiger partial charge in [0, 0.05) is 11.3 Å². The highest BCUT2D eigenvalue weighted by Gasteiger charge is 2.33. The Morgan fingerprint density at radius 3 is 2.33 bits per heavy atom. The lowest BCUT2D eigenvalue weighted by Gasteiger charge is -2.15. The molecule has 188 valence electrons. The third kappa shape index (κ3) is 6.52. The molecular weight excluding hydrogens is 515 g/mol. The predicted octanol–water partition coefficient (Wildman–Crippen LogP) is 7.17. The van der Waals surface area contributed by atoms with E-state index in [9.17, 15) is 22.8 Å². The SMILES string of the molecule is CCOC(=O)c1c(C)csc1NC(=O)c1ccc(/C(=C/C(=N)C(F)(F)F)Nc2ccccc2Cl)cc1. The van der Waals surface area contributed by atoms with Gasteiger partial charge in [0.1, 0.15) is 10.7 Å². The van der Waals surface area contributed by atoms with Gasteiger partial charge in [0.2, 0.25) is 0 Å². The second kappa shape index (κ2) is 11.4. The number of hydrogen-bond donors (Lipinski definition) is 3. The Labute approximate surface area is 214 Å². The van der Waals surface area contributed by atoms with Gasteiger partial charge in [-0.1, -0.05) is 35.9 Å².